The SMILES string of the molecule is O=S(=O)(NCc1cn2ccc(-c3nnc(C(F)F)o3)cc2n1)C1CCN(c2ccccc2)CC1. The molecule has 12 heteroatoms. The van der Waals surface area contributed by atoms with Gasteiger partial charge in [-0.25, -0.2) is 18.1 Å². The van der Waals surface area contributed by atoms with Crippen LogP contribution in [0.4, 0.5) is 14.5 Å². The zero-order chi connectivity index (χ0) is 23.7. The van der Waals surface area contributed by atoms with Crippen LogP contribution in [0.5, 0.6) is 0 Å². The quantitative estimate of drug-likeness (QED) is 0.425. The Balaban J connectivity index is 1.23. The van der Waals surface area contributed by atoms with Crippen LogP contribution >= 0.6 is 0 Å². The van der Waals surface area contributed by atoms with Gasteiger partial charge in [-0.2, -0.15) is 8.78 Å². The summed E-state index contributed by atoms with van der Waals surface area (Å²) in [5, 5.41) is 6.50. The van der Waals surface area contributed by atoms with Crippen molar-refractivity contribution >= 4 is 21.4 Å². The molecule has 0 radical (unpaired) electrons. The number of pyridine rings is 1. The smallest absolute Gasteiger partial charge is 0.314 e. The van der Waals surface area contributed by atoms with E-state index in [1.54, 1.807) is 28.9 Å². The number of rotatable bonds is 7. The number of alkyl halides is 2. The summed E-state index contributed by atoms with van der Waals surface area (Å²) in [5.41, 5.74) is 2.57. The van der Waals surface area contributed by atoms with E-state index in [4.69, 9.17) is 4.42 Å². The fraction of sp³-hybridized carbons (Fsp3) is 0.318. The highest BCUT2D eigenvalue weighted by Gasteiger charge is 2.30. The maximum absolute atomic E-state index is 12.9. The number of piperidine rings is 1. The van der Waals surface area contributed by atoms with Gasteiger partial charge in [-0.15, -0.1) is 10.2 Å². The highest BCUT2D eigenvalue weighted by atomic mass is 32.2. The third kappa shape index (κ3) is 4.64. The lowest BCUT2D eigenvalue weighted by molar-refractivity contribution is 0.116. The molecule has 1 aromatic carbocycles. The first kappa shape index (κ1) is 22.4. The summed E-state index contributed by atoms with van der Waals surface area (Å²) in [4.78, 5) is 6.62. The first-order chi connectivity index (χ1) is 16.4. The van der Waals surface area contributed by atoms with E-state index in [1.807, 2.05) is 30.3 Å². The van der Waals surface area contributed by atoms with Crippen LogP contribution in [0.25, 0.3) is 17.1 Å². The van der Waals surface area contributed by atoms with Crippen molar-refractivity contribution in [1.29, 1.82) is 0 Å². The fourth-order valence-electron chi connectivity index (χ4n) is 4.05. The summed E-state index contributed by atoms with van der Waals surface area (Å²) in [7, 11) is -3.51. The number of hydrogen-bond acceptors (Lipinski definition) is 7. The number of hydrogen-bond donors (Lipinski definition) is 1. The highest BCUT2D eigenvalue weighted by molar-refractivity contribution is 7.90. The van der Waals surface area contributed by atoms with Gasteiger partial charge >= 0.3 is 6.43 Å². The second-order valence-corrected chi connectivity index (χ2v) is 10.1. The van der Waals surface area contributed by atoms with Gasteiger partial charge in [0.1, 0.15) is 5.65 Å². The molecule has 0 amide bonds. The first-order valence-corrected chi connectivity index (χ1v) is 12.3. The molecule has 4 aromatic rings. The lowest BCUT2D eigenvalue weighted by Gasteiger charge is -2.33. The zero-order valence-electron chi connectivity index (χ0n) is 18.0. The van der Waals surface area contributed by atoms with Crippen molar-refractivity contribution in [1.82, 2.24) is 24.3 Å². The predicted molar refractivity (Wildman–Crippen MR) is 121 cm³/mol. The van der Waals surface area contributed by atoms with Crippen molar-refractivity contribution < 1.29 is 21.6 Å². The summed E-state index contributed by atoms with van der Waals surface area (Å²) in [6.07, 6.45) is 1.62. The second kappa shape index (κ2) is 9.11. The molecular formula is C22H22F2N6O3S. The molecule has 1 fully saturated rings. The molecule has 9 nitrogen and oxygen atoms in total. The Bertz CT molecular complexity index is 1380. The molecule has 1 N–H and O–H groups in total. The normalized spacial score (nSPS) is 15.4. The van der Waals surface area contributed by atoms with E-state index < -0.39 is 27.6 Å². The number of anilines is 1. The lowest BCUT2D eigenvalue weighted by atomic mass is 10.1. The Hall–Kier alpha value is -3.38. The van der Waals surface area contributed by atoms with E-state index in [1.165, 1.54) is 0 Å². The molecule has 5 rings (SSSR count). The third-order valence-corrected chi connectivity index (χ3v) is 7.74. The molecule has 0 bridgehead atoms. The van der Waals surface area contributed by atoms with Crippen molar-refractivity contribution in [2.24, 2.45) is 0 Å². The molecule has 3 aromatic heterocycles. The van der Waals surface area contributed by atoms with Crippen LogP contribution in [-0.4, -0.2) is 46.3 Å². The maximum atomic E-state index is 12.9. The number of nitrogens with zero attached hydrogens (tertiary/aromatic N) is 5. The Morgan fingerprint density at radius 1 is 1.12 bits per heavy atom. The second-order valence-electron chi connectivity index (χ2n) is 8.05. The molecule has 0 saturated carbocycles. The van der Waals surface area contributed by atoms with Crippen LogP contribution in [0, 0.1) is 0 Å². The highest BCUT2D eigenvalue weighted by Crippen LogP contribution is 2.25. The molecule has 0 spiro atoms. The van der Waals surface area contributed by atoms with E-state index in [0.29, 0.717) is 42.8 Å². The maximum Gasteiger partial charge on any atom is 0.314 e. The number of nitrogens with one attached hydrogen (secondary N) is 1. The molecule has 34 heavy (non-hydrogen) atoms. The van der Waals surface area contributed by atoms with Gasteiger partial charge in [0.05, 0.1) is 17.5 Å². The van der Waals surface area contributed by atoms with Crippen LogP contribution in [-0.2, 0) is 16.6 Å². The number of halogens is 2. The van der Waals surface area contributed by atoms with Crippen LogP contribution in [0.3, 0.4) is 0 Å². The molecule has 0 atom stereocenters. The summed E-state index contributed by atoms with van der Waals surface area (Å²) >= 11 is 0. The number of sulfonamides is 1. The van der Waals surface area contributed by atoms with Crippen molar-refractivity contribution in [2.75, 3.05) is 18.0 Å². The monoisotopic (exact) mass is 488 g/mol. The van der Waals surface area contributed by atoms with Crippen LogP contribution < -0.4 is 9.62 Å². The molecular weight excluding hydrogens is 466 g/mol. The summed E-state index contributed by atoms with van der Waals surface area (Å²) in [6.45, 7) is 1.40. The average Bonchev–Trinajstić information content (AvgIpc) is 3.50. The van der Waals surface area contributed by atoms with Crippen molar-refractivity contribution in [2.45, 2.75) is 31.1 Å². The van der Waals surface area contributed by atoms with E-state index in [2.05, 4.69) is 24.8 Å². The van der Waals surface area contributed by atoms with Crippen molar-refractivity contribution in [3.8, 4) is 11.5 Å². The third-order valence-electron chi connectivity index (χ3n) is 5.84. The van der Waals surface area contributed by atoms with Gasteiger partial charge < -0.3 is 13.7 Å². The van der Waals surface area contributed by atoms with E-state index in [9.17, 15) is 17.2 Å². The number of benzene rings is 1. The van der Waals surface area contributed by atoms with E-state index in [-0.39, 0.29) is 12.4 Å². The molecule has 0 unspecified atom stereocenters. The van der Waals surface area contributed by atoms with Crippen molar-refractivity contribution in [3.63, 3.8) is 0 Å². The molecule has 1 aliphatic rings. The minimum Gasteiger partial charge on any atom is -0.415 e. The number of imidazole rings is 1. The van der Waals surface area contributed by atoms with Gasteiger partial charge in [0.2, 0.25) is 15.9 Å². The summed E-state index contributed by atoms with van der Waals surface area (Å²) in [5.74, 6) is -0.784. The zero-order valence-corrected chi connectivity index (χ0v) is 18.8. The van der Waals surface area contributed by atoms with Gasteiger partial charge in [-0.3, -0.25) is 0 Å². The van der Waals surface area contributed by atoms with Gasteiger partial charge in [0.15, 0.2) is 0 Å². The molecule has 1 aliphatic heterocycles. The standard InChI is InChI=1S/C22H22F2N6O3S/c23-20(24)22-28-27-21(33-22)15-6-9-30-14-16(26-19(30)12-15)13-25-34(31,32)18-7-10-29(11-8-18)17-4-2-1-3-5-17/h1-6,9,12,14,18,20,25H,7-8,10-11,13H2. The van der Waals surface area contributed by atoms with Crippen LogP contribution in [0.15, 0.2) is 59.3 Å². The first-order valence-electron chi connectivity index (χ1n) is 10.8. The van der Waals surface area contributed by atoms with Gasteiger partial charge in [0, 0.05) is 36.7 Å². The van der Waals surface area contributed by atoms with Gasteiger partial charge in [-0.1, -0.05) is 18.2 Å². The summed E-state index contributed by atoms with van der Waals surface area (Å²) in [6, 6.07) is 13.2. The van der Waals surface area contributed by atoms with Crippen LogP contribution in [0.2, 0.25) is 0 Å². The van der Waals surface area contributed by atoms with Gasteiger partial charge in [-0.05, 0) is 37.1 Å². The Kier molecular flexibility index (Phi) is 6.00. The fourth-order valence-corrected chi connectivity index (χ4v) is 5.46. The van der Waals surface area contributed by atoms with Gasteiger partial charge in [0.25, 0.3) is 5.89 Å². The predicted octanol–water partition coefficient (Wildman–Crippen LogP) is 3.41. The minimum absolute atomic E-state index is 0.0371. The summed E-state index contributed by atoms with van der Waals surface area (Å²) < 4.78 is 60.5. The molecule has 0 aliphatic carbocycles. The molecule has 178 valence electrons. The topological polar surface area (TPSA) is 106 Å². The number of para-hydroxylation sites is 1. The lowest BCUT2D eigenvalue weighted by Crippen LogP contribution is -2.43. The van der Waals surface area contributed by atoms with E-state index >= 15 is 0 Å². The Morgan fingerprint density at radius 2 is 1.88 bits per heavy atom. The average molecular weight is 489 g/mol. The largest absolute Gasteiger partial charge is 0.415 e. The molecule has 1 saturated heterocycles. The number of fused-ring (bicyclic) bond motifs is 1. The van der Waals surface area contributed by atoms with E-state index in [0.717, 1.165) is 5.69 Å². The number of aromatic nitrogens is 4. The van der Waals surface area contributed by atoms with Crippen molar-refractivity contribution in [3.05, 3.63) is 66.4 Å². The minimum atomic E-state index is -3.51. The van der Waals surface area contributed by atoms with Crippen LogP contribution in [0.1, 0.15) is 30.9 Å². The Morgan fingerprint density at radius 3 is 2.59 bits per heavy atom. The molecule has 4 heterocycles. The Labute approximate surface area is 194 Å².